The molecule has 1 atom stereocenters. The Morgan fingerprint density at radius 2 is 2.19 bits per heavy atom. The first kappa shape index (κ1) is 17.6. The molecule has 2 aromatic rings. The average Bonchev–Trinajstić information content (AvgIpc) is 3.18. The topological polar surface area (TPSA) is 83.1 Å². The number of nitrogens with zero attached hydrogens (tertiary/aromatic N) is 3. The molecule has 2 N–H and O–H groups in total. The van der Waals surface area contributed by atoms with E-state index in [9.17, 15) is 4.79 Å². The fourth-order valence-electron chi connectivity index (χ4n) is 3.87. The van der Waals surface area contributed by atoms with Crippen LogP contribution in [0.15, 0.2) is 17.1 Å². The summed E-state index contributed by atoms with van der Waals surface area (Å²) in [5, 5.41) is 4.14. The predicted molar refractivity (Wildman–Crippen MR) is 100 cm³/mol. The quantitative estimate of drug-likeness (QED) is 0.838. The maximum atomic E-state index is 12.5. The molecule has 2 fully saturated rings. The second-order valence-electron chi connectivity index (χ2n) is 7.54. The lowest BCUT2D eigenvalue weighted by Gasteiger charge is -2.29. The van der Waals surface area contributed by atoms with Crippen LogP contribution in [0, 0.1) is 5.92 Å². The molecule has 2 aliphatic rings. The van der Waals surface area contributed by atoms with Gasteiger partial charge in [-0.25, -0.2) is 4.98 Å². The third kappa shape index (κ3) is 3.79. The van der Waals surface area contributed by atoms with E-state index in [0.717, 1.165) is 31.1 Å². The van der Waals surface area contributed by atoms with Gasteiger partial charge in [0.05, 0.1) is 17.7 Å². The molecular weight excluding hydrogens is 330 g/mol. The van der Waals surface area contributed by atoms with E-state index < -0.39 is 0 Å². The van der Waals surface area contributed by atoms with Crippen LogP contribution in [0.2, 0.25) is 0 Å². The number of aromatic nitrogens is 3. The lowest BCUT2D eigenvalue weighted by Crippen LogP contribution is -2.35. The van der Waals surface area contributed by atoms with Crippen LogP contribution in [-0.4, -0.2) is 59.7 Å². The van der Waals surface area contributed by atoms with Gasteiger partial charge in [0, 0.05) is 25.3 Å². The van der Waals surface area contributed by atoms with Gasteiger partial charge in [-0.3, -0.25) is 9.78 Å². The van der Waals surface area contributed by atoms with E-state index >= 15 is 0 Å². The molecule has 2 aliphatic heterocycles. The number of ether oxygens (including phenoxy) is 1. The van der Waals surface area contributed by atoms with Crippen molar-refractivity contribution in [3.8, 4) is 0 Å². The highest BCUT2D eigenvalue weighted by atomic mass is 16.5. The Balaban J connectivity index is 1.50. The van der Waals surface area contributed by atoms with Crippen LogP contribution in [-0.2, 0) is 11.3 Å². The van der Waals surface area contributed by atoms with Gasteiger partial charge in [-0.05, 0) is 57.9 Å². The van der Waals surface area contributed by atoms with Crippen LogP contribution in [0.5, 0.6) is 0 Å². The second-order valence-corrected chi connectivity index (χ2v) is 7.54. The van der Waals surface area contributed by atoms with E-state index in [1.165, 1.54) is 25.9 Å². The Morgan fingerprint density at radius 1 is 1.35 bits per heavy atom. The summed E-state index contributed by atoms with van der Waals surface area (Å²) in [6, 6.07) is 1.75. The van der Waals surface area contributed by atoms with Gasteiger partial charge in [-0.1, -0.05) is 0 Å². The SMILES string of the molecule is CN1CCC(CNCc2nccc3c(=O)[nH]c(C4CCOC4)nc23)CC1. The largest absolute Gasteiger partial charge is 0.381 e. The maximum absolute atomic E-state index is 12.5. The summed E-state index contributed by atoms with van der Waals surface area (Å²) in [4.78, 5) is 27.0. The number of fused-ring (bicyclic) bond motifs is 1. The highest BCUT2D eigenvalue weighted by Gasteiger charge is 2.22. The average molecular weight is 357 g/mol. The van der Waals surface area contributed by atoms with E-state index in [4.69, 9.17) is 9.72 Å². The number of aromatic amines is 1. The summed E-state index contributed by atoms with van der Waals surface area (Å²) in [6.07, 6.45) is 5.06. The number of H-pyrrole nitrogens is 1. The molecule has 2 saturated heterocycles. The molecule has 7 nitrogen and oxygen atoms in total. The smallest absolute Gasteiger partial charge is 0.258 e. The van der Waals surface area contributed by atoms with Crippen molar-refractivity contribution >= 4 is 10.9 Å². The van der Waals surface area contributed by atoms with E-state index in [1.807, 2.05) is 0 Å². The summed E-state index contributed by atoms with van der Waals surface area (Å²) in [5.41, 5.74) is 1.48. The van der Waals surface area contributed by atoms with E-state index in [1.54, 1.807) is 12.3 Å². The molecule has 1 unspecified atom stereocenters. The number of piperidine rings is 1. The molecule has 7 heteroatoms. The molecule has 0 amide bonds. The molecular formula is C19H27N5O2. The van der Waals surface area contributed by atoms with E-state index in [-0.39, 0.29) is 11.5 Å². The van der Waals surface area contributed by atoms with Crippen molar-refractivity contribution in [3.05, 3.63) is 34.1 Å². The summed E-state index contributed by atoms with van der Waals surface area (Å²) >= 11 is 0. The first-order chi connectivity index (χ1) is 12.7. The Hall–Kier alpha value is -1.83. The fourth-order valence-corrected chi connectivity index (χ4v) is 3.87. The van der Waals surface area contributed by atoms with Crippen molar-refractivity contribution in [2.75, 3.05) is 39.9 Å². The second kappa shape index (κ2) is 7.82. The van der Waals surface area contributed by atoms with Gasteiger partial charge in [0.1, 0.15) is 11.3 Å². The first-order valence-corrected chi connectivity index (χ1v) is 9.55. The van der Waals surface area contributed by atoms with Gasteiger partial charge in [0.25, 0.3) is 5.56 Å². The zero-order chi connectivity index (χ0) is 17.9. The number of nitrogens with one attached hydrogen (secondary N) is 2. The zero-order valence-electron chi connectivity index (χ0n) is 15.3. The van der Waals surface area contributed by atoms with Crippen molar-refractivity contribution in [1.29, 1.82) is 0 Å². The fraction of sp³-hybridized carbons (Fsp3) is 0.632. The van der Waals surface area contributed by atoms with Crippen LogP contribution in [0.4, 0.5) is 0 Å². The summed E-state index contributed by atoms with van der Waals surface area (Å²) in [6.45, 7) is 5.31. The molecule has 0 spiro atoms. The summed E-state index contributed by atoms with van der Waals surface area (Å²) < 4.78 is 5.44. The normalized spacial score (nSPS) is 22.3. The maximum Gasteiger partial charge on any atom is 0.258 e. The zero-order valence-corrected chi connectivity index (χ0v) is 15.3. The van der Waals surface area contributed by atoms with Crippen molar-refractivity contribution < 1.29 is 4.74 Å². The van der Waals surface area contributed by atoms with Gasteiger partial charge < -0.3 is 19.9 Å². The van der Waals surface area contributed by atoms with Gasteiger partial charge in [0.15, 0.2) is 0 Å². The Kier molecular flexibility index (Phi) is 5.28. The number of rotatable bonds is 5. The number of pyridine rings is 1. The van der Waals surface area contributed by atoms with E-state index in [0.29, 0.717) is 30.0 Å². The molecule has 0 saturated carbocycles. The van der Waals surface area contributed by atoms with Gasteiger partial charge in [0.2, 0.25) is 0 Å². The molecule has 0 bridgehead atoms. The number of hydrogen-bond donors (Lipinski definition) is 2. The molecule has 140 valence electrons. The minimum absolute atomic E-state index is 0.0872. The van der Waals surface area contributed by atoms with Gasteiger partial charge in [-0.15, -0.1) is 0 Å². The Labute approximate surface area is 153 Å². The monoisotopic (exact) mass is 357 g/mol. The lowest BCUT2D eigenvalue weighted by molar-refractivity contribution is 0.193. The standard InChI is InChI=1S/C19H27N5O2/c1-24-7-3-13(4-8-24)10-20-11-16-17-15(2-6-21-16)19(25)23-18(22-17)14-5-9-26-12-14/h2,6,13-14,20H,3-5,7-12H2,1H3,(H,22,23,25). The van der Waals surface area contributed by atoms with Crippen LogP contribution in [0.25, 0.3) is 10.9 Å². The highest BCUT2D eigenvalue weighted by molar-refractivity contribution is 5.79. The van der Waals surface area contributed by atoms with Crippen LogP contribution in [0.3, 0.4) is 0 Å². The molecule has 0 aromatic carbocycles. The van der Waals surface area contributed by atoms with Crippen molar-refractivity contribution in [3.63, 3.8) is 0 Å². The Morgan fingerprint density at radius 3 is 2.96 bits per heavy atom. The number of likely N-dealkylation sites (tertiary alicyclic amines) is 1. The Bertz CT molecular complexity index is 807. The molecule has 4 rings (SSSR count). The minimum atomic E-state index is -0.0872. The number of hydrogen-bond acceptors (Lipinski definition) is 6. The van der Waals surface area contributed by atoms with Crippen LogP contribution >= 0.6 is 0 Å². The van der Waals surface area contributed by atoms with Crippen molar-refractivity contribution in [2.45, 2.75) is 31.7 Å². The van der Waals surface area contributed by atoms with Crippen LogP contribution in [0.1, 0.15) is 36.7 Å². The van der Waals surface area contributed by atoms with Gasteiger partial charge >= 0.3 is 0 Å². The third-order valence-electron chi connectivity index (χ3n) is 5.60. The molecule has 0 radical (unpaired) electrons. The minimum Gasteiger partial charge on any atom is -0.381 e. The highest BCUT2D eigenvalue weighted by Crippen LogP contribution is 2.23. The predicted octanol–water partition coefficient (Wildman–Crippen LogP) is 1.25. The molecule has 2 aromatic heterocycles. The van der Waals surface area contributed by atoms with Crippen molar-refractivity contribution in [2.24, 2.45) is 5.92 Å². The molecule has 4 heterocycles. The third-order valence-corrected chi connectivity index (χ3v) is 5.60. The van der Waals surface area contributed by atoms with Crippen LogP contribution < -0.4 is 10.9 Å². The summed E-state index contributed by atoms with van der Waals surface area (Å²) in [7, 11) is 2.18. The van der Waals surface area contributed by atoms with Gasteiger partial charge in [-0.2, -0.15) is 0 Å². The first-order valence-electron chi connectivity index (χ1n) is 9.55. The lowest BCUT2D eigenvalue weighted by atomic mass is 9.97. The molecule has 26 heavy (non-hydrogen) atoms. The molecule has 0 aliphatic carbocycles. The van der Waals surface area contributed by atoms with Crippen molar-refractivity contribution in [1.82, 2.24) is 25.2 Å². The summed E-state index contributed by atoms with van der Waals surface area (Å²) in [5.74, 6) is 1.61. The van der Waals surface area contributed by atoms with E-state index in [2.05, 4.69) is 27.2 Å².